The normalized spacial score (nSPS) is 11.6. The van der Waals surface area contributed by atoms with Crippen LogP contribution in [0.4, 0.5) is 18.9 Å². The van der Waals surface area contributed by atoms with E-state index in [9.17, 15) is 18.0 Å². The van der Waals surface area contributed by atoms with Crippen molar-refractivity contribution in [2.45, 2.75) is 20.0 Å². The number of nitrogens with zero attached hydrogens (tertiary/aromatic N) is 2. The first-order valence-electron chi connectivity index (χ1n) is 7.13. The number of pyridine rings is 1. The fourth-order valence-electron chi connectivity index (χ4n) is 2.20. The number of hydrogen-bond acceptors (Lipinski definition) is 5. The highest BCUT2D eigenvalue weighted by Gasteiger charge is 2.39. The van der Waals surface area contributed by atoms with Crippen LogP contribution in [0.15, 0.2) is 35.1 Å². The van der Waals surface area contributed by atoms with Gasteiger partial charge in [-0.25, -0.2) is 0 Å². The van der Waals surface area contributed by atoms with E-state index in [0.717, 1.165) is 16.9 Å². The Hall–Kier alpha value is -2.68. The molecular weight excluding hydrogens is 355 g/mol. The summed E-state index contributed by atoms with van der Waals surface area (Å²) in [4.78, 5) is 17.0. The molecule has 0 spiro atoms. The summed E-state index contributed by atoms with van der Waals surface area (Å²) in [6.45, 7) is 3.11. The van der Waals surface area contributed by atoms with E-state index in [1.54, 1.807) is 18.3 Å². The van der Waals surface area contributed by atoms with Crippen LogP contribution in [0.2, 0.25) is 0 Å². The van der Waals surface area contributed by atoms with Crippen LogP contribution in [0.1, 0.15) is 26.6 Å². The minimum Gasteiger partial charge on any atom is -0.351 e. The first-order valence-corrected chi connectivity index (χ1v) is 7.94. The van der Waals surface area contributed by atoms with Crippen LogP contribution < -0.4 is 5.32 Å². The van der Waals surface area contributed by atoms with Crippen molar-refractivity contribution in [3.63, 3.8) is 0 Å². The van der Waals surface area contributed by atoms with Gasteiger partial charge in [0.1, 0.15) is 5.69 Å². The number of alkyl halides is 3. The zero-order valence-electron chi connectivity index (χ0n) is 13.1. The van der Waals surface area contributed by atoms with Crippen molar-refractivity contribution in [2.75, 3.05) is 5.32 Å². The fraction of sp³-hybridized carbons (Fsp3) is 0.188. The number of anilines is 1. The lowest BCUT2D eigenvalue weighted by Gasteiger charge is -2.05. The van der Waals surface area contributed by atoms with Crippen LogP contribution in [0.25, 0.3) is 10.6 Å². The third kappa shape index (κ3) is 3.41. The second-order valence-electron chi connectivity index (χ2n) is 5.29. The minimum atomic E-state index is -4.61. The van der Waals surface area contributed by atoms with Crippen LogP contribution in [0, 0.1) is 13.8 Å². The topological polar surface area (TPSA) is 68.0 Å². The largest absolute Gasteiger partial charge is 0.452 e. The van der Waals surface area contributed by atoms with Crippen molar-refractivity contribution in [2.24, 2.45) is 0 Å². The number of amides is 1. The summed E-state index contributed by atoms with van der Waals surface area (Å²) in [6, 6.07) is 4.83. The Balaban J connectivity index is 1.85. The number of aromatic nitrogens is 2. The molecule has 0 bridgehead atoms. The van der Waals surface area contributed by atoms with Crippen LogP contribution in [0.5, 0.6) is 0 Å². The van der Waals surface area contributed by atoms with Crippen molar-refractivity contribution in [3.05, 3.63) is 52.4 Å². The summed E-state index contributed by atoms with van der Waals surface area (Å²) >= 11 is 1.04. The Morgan fingerprint density at radius 3 is 2.64 bits per heavy atom. The van der Waals surface area contributed by atoms with E-state index in [2.05, 4.69) is 20.0 Å². The molecule has 25 heavy (non-hydrogen) atoms. The van der Waals surface area contributed by atoms with Crippen molar-refractivity contribution >= 4 is 22.9 Å². The zero-order valence-corrected chi connectivity index (χ0v) is 14.0. The SMILES string of the molecule is Cc1ccncc1NC(=O)c1ccc(-c2noc(C(F)(F)F)c2C)s1. The Morgan fingerprint density at radius 2 is 2.00 bits per heavy atom. The number of carbonyl (C=O) groups excluding carboxylic acids is 1. The van der Waals surface area contributed by atoms with Crippen molar-refractivity contribution in [3.8, 4) is 10.6 Å². The third-order valence-electron chi connectivity index (χ3n) is 3.53. The summed E-state index contributed by atoms with van der Waals surface area (Å²) < 4.78 is 42.8. The average molecular weight is 367 g/mol. The highest BCUT2D eigenvalue weighted by molar-refractivity contribution is 7.17. The van der Waals surface area contributed by atoms with Gasteiger partial charge in [0.05, 0.1) is 21.6 Å². The molecule has 0 unspecified atom stereocenters. The summed E-state index contributed by atoms with van der Waals surface area (Å²) in [7, 11) is 0. The lowest BCUT2D eigenvalue weighted by molar-refractivity contribution is -0.156. The predicted molar refractivity (Wildman–Crippen MR) is 86.5 cm³/mol. The second-order valence-corrected chi connectivity index (χ2v) is 6.38. The standard InChI is InChI=1S/C16H12F3N3O2S/c1-8-5-6-20-7-10(8)21-15(23)12-4-3-11(25-12)13-9(2)14(24-22-13)16(17,18)19/h3-7H,1-2H3,(H,21,23). The smallest absolute Gasteiger partial charge is 0.351 e. The minimum absolute atomic E-state index is 0.0777. The Labute approximate surface area is 144 Å². The van der Waals surface area contributed by atoms with Gasteiger partial charge in [-0.2, -0.15) is 13.2 Å². The summed E-state index contributed by atoms with van der Waals surface area (Å²) in [5.41, 5.74) is 1.39. The third-order valence-corrected chi connectivity index (χ3v) is 4.62. The van der Waals surface area contributed by atoms with E-state index in [0.29, 0.717) is 15.4 Å². The Kier molecular flexibility index (Phi) is 4.34. The molecule has 3 rings (SSSR count). The van der Waals surface area contributed by atoms with Gasteiger partial charge in [-0.1, -0.05) is 5.16 Å². The molecule has 0 aromatic carbocycles. The van der Waals surface area contributed by atoms with E-state index in [-0.39, 0.29) is 17.2 Å². The molecule has 1 amide bonds. The zero-order chi connectivity index (χ0) is 18.2. The maximum Gasteiger partial charge on any atom is 0.452 e. The Morgan fingerprint density at radius 1 is 1.24 bits per heavy atom. The number of thiophene rings is 1. The number of hydrogen-bond donors (Lipinski definition) is 1. The van der Waals surface area contributed by atoms with E-state index in [1.165, 1.54) is 19.2 Å². The lowest BCUT2D eigenvalue weighted by Crippen LogP contribution is -2.11. The van der Waals surface area contributed by atoms with Crippen molar-refractivity contribution in [1.29, 1.82) is 0 Å². The first-order chi connectivity index (χ1) is 11.8. The first kappa shape index (κ1) is 17.2. The van der Waals surface area contributed by atoms with Gasteiger partial charge in [-0.3, -0.25) is 9.78 Å². The van der Waals surface area contributed by atoms with Gasteiger partial charge >= 0.3 is 6.18 Å². The molecule has 0 aliphatic heterocycles. The van der Waals surface area contributed by atoms with Crippen LogP contribution in [-0.2, 0) is 6.18 Å². The average Bonchev–Trinajstić information content (AvgIpc) is 3.15. The molecule has 9 heteroatoms. The second kappa shape index (κ2) is 6.32. The number of halogens is 3. The molecule has 0 aliphatic carbocycles. The molecule has 5 nitrogen and oxygen atoms in total. The van der Waals surface area contributed by atoms with E-state index in [4.69, 9.17) is 0 Å². The quantitative estimate of drug-likeness (QED) is 0.729. The van der Waals surface area contributed by atoms with Crippen molar-refractivity contribution < 1.29 is 22.5 Å². The molecule has 0 aliphatic rings. The van der Waals surface area contributed by atoms with E-state index >= 15 is 0 Å². The molecule has 0 atom stereocenters. The molecule has 3 aromatic rings. The van der Waals surface area contributed by atoms with Gasteiger partial charge in [0.25, 0.3) is 5.91 Å². The lowest BCUT2D eigenvalue weighted by atomic mass is 10.2. The Bertz CT molecular complexity index is 931. The molecule has 3 aromatic heterocycles. The van der Waals surface area contributed by atoms with Gasteiger partial charge in [-0.05, 0) is 37.6 Å². The maximum absolute atomic E-state index is 12.8. The summed E-state index contributed by atoms with van der Waals surface area (Å²) in [5, 5.41) is 6.22. The highest BCUT2D eigenvalue weighted by atomic mass is 32.1. The number of nitrogens with one attached hydrogen (secondary N) is 1. The molecule has 0 fully saturated rings. The maximum atomic E-state index is 12.8. The van der Waals surface area contributed by atoms with Crippen LogP contribution in [0.3, 0.4) is 0 Å². The van der Waals surface area contributed by atoms with Gasteiger partial charge in [0, 0.05) is 11.8 Å². The van der Waals surface area contributed by atoms with Crippen LogP contribution in [-0.4, -0.2) is 16.0 Å². The number of aryl methyl sites for hydroxylation is 1. The molecule has 1 N–H and O–H groups in total. The summed E-state index contributed by atoms with van der Waals surface area (Å²) in [6.07, 6.45) is -1.47. The number of rotatable bonds is 3. The summed E-state index contributed by atoms with van der Waals surface area (Å²) in [5.74, 6) is -1.50. The predicted octanol–water partition coefficient (Wildman–Crippen LogP) is 4.69. The van der Waals surface area contributed by atoms with Gasteiger partial charge in [0.2, 0.25) is 5.76 Å². The fourth-order valence-corrected chi connectivity index (χ4v) is 3.14. The molecule has 3 heterocycles. The highest BCUT2D eigenvalue weighted by Crippen LogP contribution is 2.38. The van der Waals surface area contributed by atoms with Gasteiger partial charge < -0.3 is 9.84 Å². The monoisotopic (exact) mass is 367 g/mol. The van der Waals surface area contributed by atoms with Gasteiger partial charge in [-0.15, -0.1) is 11.3 Å². The van der Waals surface area contributed by atoms with E-state index < -0.39 is 11.9 Å². The molecule has 0 saturated carbocycles. The van der Waals surface area contributed by atoms with Crippen molar-refractivity contribution in [1.82, 2.24) is 10.1 Å². The molecule has 130 valence electrons. The van der Waals surface area contributed by atoms with E-state index in [1.807, 2.05) is 6.92 Å². The van der Waals surface area contributed by atoms with Gasteiger partial charge in [0.15, 0.2) is 0 Å². The van der Waals surface area contributed by atoms with Crippen LogP contribution >= 0.6 is 11.3 Å². The number of carbonyl (C=O) groups is 1. The molecular formula is C16H12F3N3O2S. The molecule has 0 saturated heterocycles. The molecule has 0 radical (unpaired) electrons.